The number of H-pyrrole nitrogens is 1. The topological polar surface area (TPSA) is 28.7 Å². The summed E-state index contributed by atoms with van der Waals surface area (Å²) in [5, 5.41) is 0.754. The zero-order valence-corrected chi connectivity index (χ0v) is 14.1. The van der Waals surface area contributed by atoms with Gasteiger partial charge in [-0.05, 0) is 37.1 Å². The molecule has 0 unspecified atom stereocenters. The van der Waals surface area contributed by atoms with Crippen molar-refractivity contribution in [1.29, 1.82) is 0 Å². The van der Waals surface area contributed by atoms with Crippen LogP contribution in [0.25, 0.3) is 0 Å². The van der Waals surface area contributed by atoms with Crippen molar-refractivity contribution >= 4 is 35.6 Å². The quantitative estimate of drug-likeness (QED) is 0.593. The van der Waals surface area contributed by atoms with Crippen molar-refractivity contribution in [1.82, 2.24) is 9.97 Å². The van der Waals surface area contributed by atoms with Crippen molar-refractivity contribution in [2.45, 2.75) is 37.3 Å². The summed E-state index contributed by atoms with van der Waals surface area (Å²) < 4.78 is 0.711. The summed E-state index contributed by atoms with van der Waals surface area (Å²) in [6.07, 6.45) is 0. The van der Waals surface area contributed by atoms with Crippen LogP contribution in [0.1, 0.15) is 36.8 Å². The van der Waals surface area contributed by atoms with Crippen molar-refractivity contribution < 1.29 is 0 Å². The number of aryl methyl sites for hydroxylation is 1. The van der Waals surface area contributed by atoms with E-state index in [0.29, 0.717) is 10.6 Å². The van der Waals surface area contributed by atoms with Crippen LogP contribution in [0.2, 0.25) is 5.02 Å². The average Bonchev–Trinajstić information content (AvgIpc) is 2.37. The summed E-state index contributed by atoms with van der Waals surface area (Å²) in [6.45, 7) is 6.33. The first-order valence-electron chi connectivity index (χ1n) is 6.45. The number of nitrogens with one attached hydrogen (secondary N) is 1. The Hall–Kier alpha value is -0.840. The lowest BCUT2D eigenvalue weighted by molar-refractivity contribution is 0.810. The molecule has 1 N–H and O–H groups in total. The summed E-state index contributed by atoms with van der Waals surface area (Å²) in [5.41, 5.74) is 2.26. The summed E-state index contributed by atoms with van der Waals surface area (Å²) in [6, 6.07) is 7.81. The molecule has 0 saturated heterocycles. The SMILES string of the molecule is Cc1[nH]c(CSc2ccc(Cl)cc2)nc(=S)c1C(C)C. The minimum Gasteiger partial charge on any atom is -0.346 e. The third kappa shape index (κ3) is 3.84. The van der Waals surface area contributed by atoms with E-state index < -0.39 is 0 Å². The zero-order chi connectivity index (χ0) is 14.7. The Morgan fingerprint density at radius 3 is 2.50 bits per heavy atom. The van der Waals surface area contributed by atoms with Crippen LogP contribution >= 0.6 is 35.6 Å². The number of hydrogen-bond acceptors (Lipinski definition) is 3. The van der Waals surface area contributed by atoms with Crippen LogP contribution in [-0.4, -0.2) is 9.97 Å². The van der Waals surface area contributed by atoms with Crippen LogP contribution in [0, 0.1) is 11.6 Å². The second-order valence-electron chi connectivity index (χ2n) is 4.92. The Balaban J connectivity index is 2.15. The molecule has 0 radical (unpaired) electrons. The van der Waals surface area contributed by atoms with Gasteiger partial charge in [0, 0.05) is 21.2 Å². The van der Waals surface area contributed by atoms with E-state index in [9.17, 15) is 0 Å². The van der Waals surface area contributed by atoms with Gasteiger partial charge < -0.3 is 4.98 Å². The molecule has 0 atom stereocenters. The first-order chi connectivity index (χ1) is 9.47. The monoisotopic (exact) mass is 324 g/mol. The summed E-state index contributed by atoms with van der Waals surface area (Å²) in [7, 11) is 0. The van der Waals surface area contributed by atoms with E-state index in [1.807, 2.05) is 24.3 Å². The highest BCUT2D eigenvalue weighted by atomic mass is 35.5. The highest BCUT2D eigenvalue weighted by Crippen LogP contribution is 2.24. The maximum Gasteiger partial charge on any atom is 0.133 e. The molecule has 1 aromatic heterocycles. The average molecular weight is 325 g/mol. The molecule has 0 fully saturated rings. The van der Waals surface area contributed by atoms with Crippen LogP contribution in [0.5, 0.6) is 0 Å². The lowest BCUT2D eigenvalue weighted by atomic mass is 10.0. The molecule has 2 rings (SSSR count). The molecule has 5 heteroatoms. The second kappa shape index (κ2) is 6.74. The zero-order valence-electron chi connectivity index (χ0n) is 11.7. The van der Waals surface area contributed by atoms with Crippen LogP contribution < -0.4 is 0 Å². The predicted octanol–water partition coefficient (Wildman–Crippen LogP) is 5.52. The molecular weight excluding hydrogens is 308 g/mol. The molecule has 0 aliphatic heterocycles. The molecule has 2 aromatic rings. The lowest BCUT2D eigenvalue weighted by Crippen LogP contribution is -2.03. The van der Waals surface area contributed by atoms with Crippen LogP contribution in [0.3, 0.4) is 0 Å². The highest BCUT2D eigenvalue weighted by Gasteiger charge is 2.09. The third-order valence-corrected chi connectivity index (χ3v) is 4.56. The number of rotatable bonds is 4. The van der Waals surface area contributed by atoms with Gasteiger partial charge in [-0.2, -0.15) is 0 Å². The number of aromatic amines is 1. The van der Waals surface area contributed by atoms with Crippen molar-refractivity contribution in [2.75, 3.05) is 0 Å². The van der Waals surface area contributed by atoms with Crippen LogP contribution in [0.15, 0.2) is 29.2 Å². The van der Waals surface area contributed by atoms with Gasteiger partial charge >= 0.3 is 0 Å². The largest absolute Gasteiger partial charge is 0.346 e. The minimum absolute atomic E-state index is 0.393. The fourth-order valence-corrected chi connectivity index (χ4v) is 3.48. The predicted molar refractivity (Wildman–Crippen MR) is 89.3 cm³/mol. The van der Waals surface area contributed by atoms with Gasteiger partial charge in [-0.1, -0.05) is 37.7 Å². The number of thioether (sulfide) groups is 1. The Bertz CT molecular complexity index is 648. The maximum atomic E-state index is 5.88. The van der Waals surface area contributed by atoms with E-state index in [4.69, 9.17) is 23.8 Å². The number of benzene rings is 1. The van der Waals surface area contributed by atoms with Gasteiger partial charge in [0.25, 0.3) is 0 Å². The second-order valence-corrected chi connectivity index (χ2v) is 6.80. The number of aromatic nitrogens is 2. The molecule has 0 spiro atoms. The lowest BCUT2D eigenvalue weighted by Gasteiger charge is -2.11. The Morgan fingerprint density at radius 2 is 1.95 bits per heavy atom. The van der Waals surface area contributed by atoms with Crippen molar-refractivity contribution in [3.63, 3.8) is 0 Å². The molecule has 1 heterocycles. The fraction of sp³-hybridized carbons (Fsp3) is 0.333. The molecule has 0 amide bonds. The van der Waals surface area contributed by atoms with Gasteiger partial charge in [-0.15, -0.1) is 11.8 Å². The van der Waals surface area contributed by atoms with E-state index >= 15 is 0 Å². The van der Waals surface area contributed by atoms with E-state index in [0.717, 1.165) is 27.9 Å². The van der Waals surface area contributed by atoms with Crippen molar-refractivity contribution in [3.05, 3.63) is 51.0 Å². The smallest absolute Gasteiger partial charge is 0.133 e. The van der Waals surface area contributed by atoms with Crippen LogP contribution in [0.4, 0.5) is 0 Å². The molecule has 0 saturated carbocycles. The molecule has 0 bridgehead atoms. The van der Waals surface area contributed by atoms with Crippen LogP contribution in [-0.2, 0) is 5.75 Å². The fourth-order valence-electron chi connectivity index (χ4n) is 2.09. The number of hydrogen-bond donors (Lipinski definition) is 1. The first-order valence-corrected chi connectivity index (χ1v) is 8.22. The molecule has 0 aliphatic rings. The molecule has 20 heavy (non-hydrogen) atoms. The molecule has 2 nitrogen and oxygen atoms in total. The van der Waals surface area contributed by atoms with Gasteiger partial charge in [-0.25, -0.2) is 4.98 Å². The van der Waals surface area contributed by atoms with Gasteiger partial charge in [-0.3, -0.25) is 0 Å². The normalized spacial score (nSPS) is 11.1. The van der Waals surface area contributed by atoms with Gasteiger partial charge in [0.15, 0.2) is 0 Å². The summed E-state index contributed by atoms with van der Waals surface area (Å²) in [4.78, 5) is 9.02. The Labute approximate surface area is 134 Å². The standard InChI is InChI=1S/C15H17ClN2S2/c1-9(2)14-10(3)17-13(18-15(14)19)8-20-12-6-4-11(16)5-7-12/h4-7,9H,8H2,1-3H3,(H,17,18,19). The first kappa shape index (κ1) is 15.5. The van der Waals surface area contributed by atoms with E-state index in [2.05, 4.69) is 30.7 Å². The van der Waals surface area contributed by atoms with E-state index in [1.165, 1.54) is 4.90 Å². The number of nitrogens with zero attached hydrogens (tertiary/aromatic N) is 1. The number of halogens is 1. The van der Waals surface area contributed by atoms with Gasteiger partial charge in [0.05, 0.1) is 5.75 Å². The van der Waals surface area contributed by atoms with Gasteiger partial charge in [0.1, 0.15) is 10.5 Å². The Kier molecular flexibility index (Phi) is 5.24. The van der Waals surface area contributed by atoms with E-state index in [1.54, 1.807) is 11.8 Å². The maximum absolute atomic E-state index is 5.88. The highest BCUT2D eigenvalue weighted by molar-refractivity contribution is 7.98. The molecule has 106 valence electrons. The van der Waals surface area contributed by atoms with E-state index in [-0.39, 0.29) is 0 Å². The molecule has 1 aromatic carbocycles. The summed E-state index contributed by atoms with van der Waals surface area (Å²) in [5.74, 6) is 2.07. The third-order valence-electron chi connectivity index (χ3n) is 2.97. The van der Waals surface area contributed by atoms with Gasteiger partial charge in [0.2, 0.25) is 0 Å². The Morgan fingerprint density at radius 1 is 1.30 bits per heavy atom. The molecular formula is C15H17ClN2S2. The molecule has 0 aliphatic carbocycles. The summed E-state index contributed by atoms with van der Waals surface area (Å²) >= 11 is 13.0. The van der Waals surface area contributed by atoms with Crippen molar-refractivity contribution in [2.24, 2.45) is 0 Å². The van der Waals surface area contributed by atoms with Crippen molar-refractivity contribution in [3.8, 4) is 0 Å². The minimum atomic E-state index is 0.393.